The van der Waals surface area contributed by atoms with Gasteiger partial charge in [0, 0.05) is 23.3 Å². The summed E-state index contributed by atoms with van der Waals surface area (Å²) in [7, 11) is 0. The van der Waals surface area contributed by atoms with Gasteiger partial charge < -0.3 is 4.74 Å². The lowest BCUT2D eigenvalue weighted by Crippen LogP contribution is -1.97. The van der Waals surface area contributed by atoms with E-state index in [0.29, 0.717) is 0 Å². The fourth-order valence-corrected chi connectivity index (χ4v) is 2.42. The van der Waals surface area contributed by atoms with E-state index in [1.54, 1.807) is 12.4 Å². The van der Waals surface area contributed by atoms with E-state index in [1.807, 2.05) is 12.1 Å². The first kappa shape index (κ1) is 14.3. The molecule has 1 heterocycles. The molecule has 2 heteroatoms. The first-order chi connectivity index (χ1) is 10.9. The summed E-state index contributed by atoms with van der Waals surface area (Å²) in [6, 6.07) is 16.6. The van der Waals surface area contributed by atoms with E-state index in [9.17, 15) is 0 Å². The first-order valence-corrected chi connectivity index (χ1v) is 7.61. The third-order valence-corrected chi connectivity index (χ3v) is 3.52. The summed E-state index contributed by atoms with van der Waals surface area (Å²) < 4.78 is 6.02. The lowest BCUT2D eigenvalue weighted by molar-refractivity contribution is 0.320. The Labute approximate surface area is 131 Å². The first-order valence-electron chi connectivity index (χ1n) is 7.61. The Morgan fingerprint density at radius 2 is 1.77 bits per heavy atom. The second-order valence-electron chi connectivity index (χ2n) is 5.17. The number of benzene rings is 2. The highest BCUT2D eigenvalue weighted by Gasteiger charge is 2.06. The van der Waals surface area contributed by atoms with Gasteiger partial charge in [-0.2, -0.15) is 0 Å². The van der Waals surface area contributed by atoms with E-state index in [2.05, 4.69) is 60.5 Å². The number of hydrogen-bond donors (Lipinski definition) is 0. The molecule has 1 aromatic heterocycles. The largest absolute Gasteiger partial charge is 0.492 e. The minimum absolute atomic E-state index is 0.726. The number of pyridine rings is 1. The van der Waals surface area contributed by atoms with Gasteiger partial charge in [0.1, 0.15) is 5.75 Å². The van der Waals surface area contributed by atoms with E-state index in [1.165, 1.54) is 5.39 Å². The van der Waals surface area contributed by atoms with Crippen LogP contribution in [0.25, 0.3) is 22.9 Å². The van der Waals surface area contributed by atoms with E-state index in [-0.39, 0.29) is 0 Å². The second-order valence-corrected chi connectivity index (χ2v) is 5.17. The molecule has 0 saturated carbocycles. The summed E-state index contributed by atoms with van der Waals surface area (Å²) in [4.78, 5) is 4.04. The summed E-state index contributed by atoms with van der Waals surface area (Å²) >= 11 is 0. The van der Waals surface area contributed by atoms with Crippen LogP contribution in [0, 0.1) is 0 Å². The molecule has 0 unspecified atom stereocenters. The van der Waals surface area contributed by atoms with Crippen molar-refractivity contribution in [1.82, 2.24) is 4.98 Å². The summed E-state index contributed by atoms with van der Waals surface area (Å²) in [5.74, 6) is 0.963. The van der Waals surface area contributed by atoms with Crippen molar-refractivity contribution < 1.29 is 4.74 Å². The predicted molar refractivity (Wildman–Crippen MR) is 92.9 cm³/mol. The van der Waals surface area contributed by atoms with Crippen molar-refractivity contribution in [2.75, 3.05) is 6.61 Å². The van der Waals surface area contributed by atoms with Gasteiger partial charge in [-0.1, -0.05) is 55.5 Å². The molecule has 0 N–H and O–H groups in total. The standard InChI is InChI=1S/C20H19NO/c1-2-15-22-20-18(8-7-16-11-13-21-14-12-16)10-9-17-5-3-4-6-19(17)20/h3-14H,2,15H2,1H3/b8-7+. The number of ether oxygens (including phenoxy) is 1. The Hall–Kier alpha value is -2.61. The van der Waals surface area contributed by atoms with E-state index >= 15 is 0 Å². The zero-order valence-electron chi connectivity index (χ0n) is 12.7. The molecule has 0 saturated heterocycles. The summed E-state index contributed by atoms with van der Waals surface area (Å²) in [6.07, 6.45) is 8.79. The lowest BCUT2D eigenvalue weighted by Gasteiger charge is -2.12. The Morgan fingerprint density at radius 3 is 2.59 bits per heavy atom. The summed E-state index contributed by atoms with van der Waals surface area (Å²) in [6.45, 7) is 2.85. The van der Waals surface area contributed by atoms with Crippen LogP contribution in [0.3, 0.4) is 0 Å². The second kappa shape index (κ2) is 6.90. The molecule has 2 nitrogen and oxygen atoms in total. The van der Waals surface area contributed by atoms with Gasteiger partial charge in [-0.15, -0.1) is 0 Å². The number of fused-ring (bicyclic) bond motifs is 1. The van der Waals surface area contributed by atoms with Crippen LogP contribution in [0.1, 0.15) is 24.5 Å². The summed E-state index contributed by atoms with van der Waals surface area (Å²) in [5.41, 5.74) is 2.23. The Kier molecular flexibility index (Phi) is 4.50. The highest BCUT2D eigenvalue weighted by Crippen LogP contribution is 2.31. The SMILES string of the molecule is CCCOc1c(/C=C/c2ccncc2)ccc2ccccc12. The van der Waals surface area contributed by atoms with Crippen LogP contribution >= 0.6 is 0 Å². The molecule has 0 bridgehead atoms. The van der Waals surface area contributed by atoms with Gasteiger partial charge in [0.2, 0.25) is 0 Å². The molecule has 110 valence electrons. The molecule has 0 aliphatic carbocycles. The minimum Gasteiger partial charge on any atom is -0.492 e. The van der Waals surface area contributed by atoms with Crippen molar-refractivity contribution in [2.24, 2.45) is 0 Å². The van der Waals surface area contributed by atoms with Crippen molar-refractivity contribution in [2.45, 2.75) is 13.3 Å². The van der Waals surface area contributed by atoms with Crippen LogP contribution in [0.2, 0.25) is 0 Å². The predicted octanol–water partition coefficient (Wildman–Crippen LogP) is 5.19. The number of nitrogens with zero attached hydrogens (tertiary/aromatic N) is 1. The average molecular weight is 289 g/mol. The Morgan fingerprint density at radius 1 is 0.955 bits per heavy atom. The molecule has 0 atom stereocenters. The van der Waals surface area contributed by atoms with Gasteiger partial charge >= 0.3 is 0 Å². The number of rotatable bonds is 5. The Balaban J connectivity index is 2.02. The molecule has 22 heavy (non-hydrogen) atoms. The van der Waals surface area contributed by atoms with Gasteiger partial charge in [-0.3, -0.25) is 4.98 Å². The molecular formula is C20H19NO. The monoisotopic (exact) mass is 289 g/mol. The topological polar surface area (TPSA) is 22.1 Å². The van der Waals surface area contributed by atoms with Gasteiger partial charge in [0.25, 0.3) is 0 Å². The van der Waals surface area contributed by atoms with Crippen molar-refractivity contribution >= 4 is 22.9 Å². The highest BCUT2D eigenvalue weighted by atomic mass is 16.5. The molecule has 0 aliphatic rings. The third kappa shape index (κ3) is 3.17. The molecule has 3 aromatic rings. The molecule has 3 rings (SSSR count). The number of aromatic nitrogens is 1. The molecule has 0 aliphatic heterocycles. The van der Waals surface area contributed by atoms with Gasteiger partial charge in [0.05, 0.1) is 6.61 Å². The van der Waals surface area contributed by atoms with Crippen molar-refractivity contribution in [3.8, 4) is 5.75 Å². The Bertz CT molecular complexity index is 778. The van der Waals surface area contributed by atoms with Gasteiger partial charge in [0.15, 0.2) is 0 Å². The maximum Gasteiger partial charge on any atom is 0.134 e. The lowest BCUT2D eigenvalue weighted by atomic mass is 10.0. The van der Waals surface area contributed by atoms with Crippen LogP contribution in [-0.4, -0.2) is 11.6 Å². The fourth-order valence-electron chi connectivity index (χ4n) is 2.42. The fraction of sp³-hybridized carbons (Fsp3) is 0.150. The van der Waals surface area contributed by atoms with Crippen LogP contribution in [-0.2, 0) is 0 Å². The number of hydrogen-bond acceptors (Lipinski definition) is 2. The molecule has 0 radical (unpaired) electrons. The molecule has 2 aromatic carbocycles. The van der Waals surface area contributed by atoms with Crippen LogP contribution in [0.5, 0.6) is 5.75 Å². The zero-order valence-corrected chi connectivity index (χ0v) is 12.7. The summed E-state index contributed by atoms with van der Waals surface area (Å²) in [5, 5.41) is 2.36. The maximum absolute atomic E-state index is 6.02. The molecular weight excluding hydrogens is 270 g/mol. The normalized spacial score (nSPS) is 11.1. The van der Waals surface area contributed by atoms with Gasteiger partial charge in [-0.25, -0.2) is 0 Å². The van der Waals surface area contributed by atoms with Crippen LogP contribution < -0.4 is 4.74 Å². The maximum atomic E-state index is 6.02. The third-order valence-electron chi connectivity index (χ3n) is 3.52. The highest BCUT2D eigenvalue weighted by molar-refractivity contribution is 5.93. The van der Waals surface area contributed by atoms with Crippen LogP contribution in [0.15, 0.2) is 60.9 Å². The van der Waals surface area contributed by atoms with Crippen LogP contribution in [0.4, 0.5) is 0 Å². The van der Waals surface area contributed by atoms with Crippen molar-refractivity contribution in [3.05, 3.63) is 72.1 Å². The molecule has 0 amide bonds. The smallest absolute Gasteiger partial charge is 0.134 e. The minimum atomic E-state index is 0.726. The van der Waals surface area contributed by atoms with E-state index in [4.69, 9.17) is 4.74 Å². The quantitative estimate of drug-likeness (QED) is 0.644. The van der Waals surface area contributed by atoms with Crippen molar-refractivity contribution in [3.63, 3.8) is 0 Å². The average Bonchev–Trinajstić information content (AvgIpc) is 2.59. The van der Waals surface area contributed by atoms with E-state index in [0.717, 1.165) is 35.3 Å². The van der Waals surface area contributed by atoms with Crippen molar-refractivity contribution in [1.29, 1.82) is 0 Å². The van der Waals surface area contributed by atoms with Gasteiger partial charge in [-0.05, 0) is 29.5 Å². The molecule has 0 spiro atoms. The van der Waals surface area contributed by atoms with E-state index < -0.39 is 0 Å². The molecule has 0 fully saturated rings. The zero-order chi connectivity index (χ0) is 15.2.